The fraction of sp³-hybridized carbons (Fsp3) is 0.158. The minimum atomic E-state index is -0.335. The van der Waals surface area contributed by atoms with Crippen molar-refractivity contribution in [3.63, 3.8) is 0 Å². The van der Waals surface area contributed by atoms with E-state index in [1.165, 1.54) is 18.2 Å². The topological polar surface area (TPSA) is 89.9 Å². The molecule has 25 heavy (non-hydrogen) atoms. The zero-order valence-electron chi connectivity index (χ0n) is 13.7. The third-order valence-corrected chi connectivity index (χ3v) is 4.26. The Morgan fingerprint density at radius 1 is 1.20 bits per heavy atom. The molecule has 0 aromatic heterocycles. The van der Waals surface area contributed by atoms with Crippen LogP contribution in [0, 0.1) is 6.92 Å². The quantitative estimate of drug-likeness (QED) is 0.751. The third kappa shape index (κ3) is 3.06. The molecule has 0 atom stereocenters. The number of nitrogens with one attached hydrogen (secondary N) is 1. The maximum absolute atomic E-state index is 12.8. The molecule has 2 aromatic carbocycles. The third-order valence-electron chi connectivity index (χ3n) is 4.26. The van der Waals surface area contributed by atoms with Gasteiger partial charge in [-0.05, 0) is 36.3 Å². The standard InChI is InChI=1S/C19H18N2O4/c1-3-18(24)20-15-6-4-5-12-9-21(10-14(12)15)19(25)13-7-11(2)16(22)8-17(13)23/h3-8,22-23H,1,9-10H2,2H3,(H,20,24). The molecule has 1 heterocycles. The Morgan fingerprint density at radius 2 is 1.96 bits per heavy atom. The number of hydrogen-bond acceptors (Lipinski definition) is 4. The van der Waals surface area contributed by atoms with Gasteiger partial charge in [0.05, 0.1) is 5.56 Å². The molecule has 0 radical (unpaired) electrons. The normalized spacial score (nSPS) is 12.6. The number of carbonyl (C=O) groups is 2. The van der Waals surface area contributed by atoms with Crippen molar-refractivity contribution >= 4 is 17.5 Å². The molecule has 0 spiro atoms. The first-order valence-electron chi connectivity index (χ1n) is 7.76. The van der Waals surface area contributed by atoms with E-state index in [1.807, 2.05) is 12.1 Å². The smallest absolute Gasteiger partial charge is 0.258 e. The summed E-state index contributed by atoms with van der Waals surface area (Å²) in [7, 11) is 0. The van der Waals surface area contributed by atoms with Crippen LogP contribution in [0.5, 0.6) is 11.5 Å². The number of phenolic OH excluding ortho intramolecular Hbond substituents is 2. The molecular weight excluding hydrogens is 320 g/mol. The molecule has 6 heteroatoms. The number of aryl methyl sites for hydroxylation is 1. The van der Waals surface area contributed by atoms with Gasteiger partial charge in [0.15, 0.2) is 0 Å². The molecule has 3 N–H and O–H groups in total. The summed E-state index contributed by atoms with van der Waals surface area (Å²) in [5, 5.41) is 22.4. The Balaban J connectivity index is 1.88. The monoisotopic (exact) mass is 338 g/mol. The van der Waals surface area contributed by atoms with Gasteiger partial charge < -0.3 is 20.4 Å². The number of nitrogens with zero attached hydrogens (tertiary/aromatic N) is 1. The van der Waals surface area contributed by atoms with Crippen molar-refractivity contribution in [2.75, 3.05) is 5.32 Å². The number of phenols is 2. The minimum absolute atomic E-state index is 0.0619. The predicted octanol–water partition coefficient (Wildman–Crippen LogP) is 2.69. The van der Waals surface area contributed by atoms with Crippen molar-refractivity contribution < 1.29 is 19.8 Å². The lowest BCUT2D eigenvalue weighted by Gasteiger charge is -2.17. The maximum atomic E-state index is 12.8. The molecule has 0 aliphatic carbocycles. The maximum Gasteiger partial charge on any atom is 0.258 e. The summed E-state index contributed by atoms with van der Waals surface area (Å²) in [4.78, 5) is 25.9. The van der Waals surface area contributed by atoms with Crippen LogP contribution in [-0.2, 0) is 17.9 Å². The second-order valence-corrected chi connectivity index (χ2v) is 5.95. The van der Waals surface area contributed by atoms with Gasteiger partial charge in [0.25, 0.3) is 5.91 Å². The highest BCUT2D eigenvalue weighted by Gasteiger charge is 2.28. The molecule has 2 amide bonds. The first kappa shape index (κ1) is 16.6. The molecule has 0 unspecified atom stereocenters. The first-order chi connectivity index (χ1) is 11.9. The van der Waals surface area contributed by atoms with Crippen molar-refractivity contribution in [2.45, 2.75) is 20.0 Å². The Morgan fingerprint density at radius 3 is 2.68 bits per heavy atom. The number of aromatic hydroxyl groups is 2. The van der Waals surface area contributed by atoms with Crippen LogP contribution in [0.4, 0.5) is 5.69 Å². The lowest BCUT2D eigenvalue weighted by Crippen LogP contribution is -2.25. The van der Waals surface area contributed by atoms with E-state index in [4.69, 9.17) is 0 Å². The zero-order valence-corrected chi connectivity index (χ0v) is 13.7. The van der Waals surface area contributed by atoms with E-state index in [9.17, 15) is 19.8 Å². The average molecular weight is 338 g/mol. The summed E-state index contributed by atoms with van der Waals surface area (Å²) in [6.45, 7) is 5.79. The molecule has 1 aliphatic heterocycles. The van der Waals surface area contributed by atoms with Crippen LogP contribution in [0.3, 0.4) is 0 Å². The highest BCUT2D eigenvalue weighted by atomic mass is 16.3. The zero-order chi connectivity index (χ0) is 18.1. The first-order valence-corrected chi connectivity index (χ1v) is 7.76. The van der Waals surface area contributed by atoms with Crippen molar-refractivity contribution in [1.82, 2.24) is 4.90 Å². The van der Waals surface area contributed by atoms with Crippen LogP contribution in [-0.4, -0.2) is 26.9 Å². The van der Waals surface area contributed by atoms with Crippen molar-refractivity contribution in [2.24, 2.45) is 0 Å². The summed E-state index contributed by atoms with van der Waals surface area (Å²) in [6, 6.07) is 8.12. The van der Waals surface area contributed by atoms with Gasteiger partial charge in [-0.1, -0.05) is 18.7 Å². The number of benzene rings is 2. The van der Waals surface area contributed by atoms with Gasteiger partial charge in [0.1, 0.15) is 11.5 Å². The van der Waals surface area contributed by atoms with Gasteiger partial charge in [-0.15, -0.1) is 0 Å². The van der Waals surface area contributed by atoms with Gasteiger partial charge in [-0.2, -0.15) is 0 Å². The van der Waals surface area contributed by atoms with Crippen LogP contribution in [0.15, 0.2) is 43.0 Å². The van der Waals surface area contributed by atoms with E-state index in [2.05, 4.69) is 11.9 Å². The Hall–Kier alpha value is -3.28. The van der Waals surface area contributed by atoms with E-state index in [1.54, 1.807) is 17.9 Å². The molecule has 0 saturated carbocycles. The van der Waals surface area contributed by atoms with Gasteiger partial charge in [0, 0.05) is 30.4 Å². The predicted molar refractivity (Wildman–Crippen MR) is 93.4 cm³/mol. The highest BCUT2D eigenvalue weighted by Crippen LogP contribution is 2.33. The Kier molecular flexibility index (Phi) is 4.19. The summed E-state index contributed by atoms with van der Waals surface area (Å²) in [6.07, 6.45) is 1.19. The molecule has 3 rings (SSSR count). The number of carbonyl (C=O) groups excluding carboxylic acids is 2. The molecule has 128 valence electrons. The second-order valence-electron chi connectivity index (χ2n) is 5.95. The minimum Gasteiger partial charge on any atom is -0.508 e. The highest BCUT2D eigenvalue weighted by molar-refractivity contribution is 6.00. The largest absolute Gasteiger partial charge is 0.508 e. The molecular formula is C19H18N2O4. The average Bonchev–Trinajstić information content (AvgIpc) is 3.02. The SMILES string of the molecule is C=CC(=O)Nc1cccc2c1CN(C(=O)c1cc(C)c(O)cc1O)C2. The van der Waals surface area contributed by atoms with E-state index in [-0.39, 0.29) is 28.9 Å². The number of rotatable bonds is 3. The Labute approximate surface area is 145 Å². The molecule has 2 aromatic rings. The van der Waals surface area contributed by atoms with Crippen LogP contribution < -0.4 is 5.32 Å². The number of amides is 2. The van der Waals surface area contributed by atoms with E-state index < -0.39 is 0 Å². The Bertz CT molecular complexity index is 889. The van der Waals surface area contributed by atoms with Gasteiger partial charge in [-0.3, -0.25) is 9.59 Å². The van der Waals surface area contributed by atoms with Crippen LogP contribution in [0.1, 0.15) is 27.0 Å². The van der Waals surface area contributed by atoms with E-state index in [0.717, 1.165) is 11.1 Å². The van der Waals surface area contributed by atoms with E-state index in [0.29, 0.717) is 24.3 Å². The molecule has 6 nitrogen and oxygen atoms in total. The van der Waals surface area contributed by atoms with Crippen molar-refractivity contribution in [3.8, 4) is 11.5 Å². The summed E-state index contributed by atoms with van der Waals surface area (Å²) in [5.41, 5.74) is 3.09. The number of hydrogen-bond donors (Lipinski definition) is 3. The van der Waals surface area contributed by atoms with Crippen LogP contribution in [0.25, 0.3) is 0 Å². The summed E-state index contributed by atoms with van der Waals surface area (Å²) in [5.74, 6) is -0.972. The van der Waals surface area contributed by atoms with Crippen LogP contribution >= 0.6 is 0 Å². The molecule has 1 aliphatic rings. The fourth-order valence-electron chi connectivity index (χ4n) is 2.89. The number of anilines is 1. The van der Waals surface area contributed by atoms with Crippen molar-refractivity contribution in [3.05, 3.63) is 65.2 Å². The van der Waals surface area contributed by atoms with Gasteiger partial charge >= 0.3 is 0 Å². The van der Waals surface area contributed by atoms with Gasteiger partial charge in [-0.25, -0.2) is 0 Å². The molecule has 0 saturated heterocycles. The lowest BCUT2D eigenvalue weighted by atomic mass is 10.1. The van der Waals surface area contributed by atoms with Crippen molar-refractivity contribution in [1.29, 1.82) is 0 Å². The fourth-order valence-corrected chi connectivity index (χ4v) is 2.89. The summed E-state index contributed by atoms with van der Waals surface area (Å²) >= 11 is 0. The molecule has 0 fully saturated rings. The molecule has 0 bridgehead atoms. The van der Waals surface area contributed by atoms with Crippen LogP contribution in [0.2, 0.25) is 0 Å². The number of fused-ring (bicyclic) bond motifs is 1. The second kappa shape index (κ2) is 6.32. The van der Waals surface area contributed by atoms with Gasteiger partial charge in [0.2, 0.25) is 5.91 Å². The van der Waals surface area contributed by atoms with E-state index >= 15 is 0 Å². The summed E-state index contributed by atoms with van der Waals surface area (Å²) < 4.78 is 0. The lowest BCUT2D eigenvalue weighted by molar-refractivity contribution is -0.111.